The molecule has 1 heterocycles. The Morgan fingerprint density at radius 3 is 2.52 bits per heavy atom. The average molecular weight is 414 g/mol. The van der Waals surface area contributed by atoms with Crippen LogP contribution in [0, 0.1) is 6.92 Å². The molecule has 5 heteroatoms. The minimum absolute atomic E-state index is 0.0411. The van der Waals surface area contributed by atoms with E-state index in [1.807, 2.05) is 60.7 Å². The van der Waals surface area contributed by atoms with Gasteiger partial charge in [-0.15, -0.1) is 0 Å². The van der Waals surface area contributed by atoms with Crippen LogP contribution in [0.4, 0.5) is 0 Å². The lowest BCUT2D eigenvalue weighted by molar-refractivity contribution is 0.0953. The summed E-state index contributed by atoms with van der Waals surface area (Å²) in [7, 11) is 0. The van der Waals surface area contributed by atoms with Crippen molar-refractivity contribution < 1.29 is 9.53 Å². The third kappa shape index (κ3) is 5.31. The van der Waals surface area contributed by atoms with E-state index in [2.05, 4.69) is 35.0 Å². The minimum atomic E-state index is -0.0411. The Morgan fingerprint density at radius 2 is 1.71 bits per heavy atom. The zero-order valence-corrected chi connectivity index (χ0v) is 17.8. The number of nitrogens with one attached hydrogen (secondary N) is 1. The maximum Gasteiger partial charge on any atom is 0.251 e. The summed E-state index contributed by atoms with van der Waals surface area (Å²) in [6.45, 7) is 3.97. The van der Waals surface area contributed by atoms with Gasteiger partial charge in [0.15, 0.2) is 0 Å². The number of para-hydroxylation sites is 2. The van der Waals surface area contributed by atoms with Crippen LogP contribution >= 0.6 is 0 Å². The van der Waals surface area contributed by atoms with E-state index in [-0.39, 0.29) is 5.91 Å². The van der Waals surface area contributed by atoms with E-state index in [4.69, 9.17) is 9.72 Å². The number of nitrogens with zero attached hydrogens (tertiary/aromatic N) is 2. The van der Waals surface area contributed by atoms with Crippen LogP contribution in [0.15, 0.2) is 78.9 Å². The van der Waals surface area contributed by atoms with Gasteiger partial charge >= 0.3 is 0 Å². The van der Waals surface area contributed by atoms with Crippen molar-refractivity contribution in [3.05, 3.63) is 95.8 Å². The Labute approximate surface area is 182 Å². The smallest absolute Gasteiger partial charge is 0.251 e. The molecule has 4 aromatic rings. The van der Waals surface area contributed by atoms with Crippen LogP contribution in [0.5, 0.6) is 5.75 Å². The number of ether oxygens (including phenoxy) is 1. The lowest BCUT2D eigenvalue weighted by Gasteiger charge is -2.11. The van der Waals surface area contributed by atoms with Crippen LogP contribution in [0.3, 0.4) is 0 Å². The summed E-state index contributed by atoms with van der Waals surface area (Å²) in [5.74, 6) is 1.85. The van der Waals surface area contributed by atoms with Gasteiger partial charge in [-0.1, -0.05) is 48.0 Å². The van der Waals surface area contributed by atoms with Gasteiger partial charge in [-0.05, 0) is 49.7 Å². The van der Waals surface area contributed by atoms with Gasteiger partial charge < -0.3 is 14.6 Å². The molecule has 1 amide bonds. The summed E-state index contributed by atoms with van der Waals surface area (Å²) >= 11 is 0. The summed E-state index contributed by atoms with van der Waals surface area (Å²) in [5.41, 5.74) is 4.00. The maximum atomic E-state index is 12.2. The molecule has 4 rings (SSSR count). The first-order valence-electron chi connectivity index (χ1n) is 10.7. The van der Waals surface area contributed by atoms with E-state index in [1.54, 1.807) is 0 Å². The molecule has 158 valence electrons. The Morgan fingerprint density at radius 1 is 0.968 bits per heavy atom. The molecule has 0 aliphatic heterocycles. The first-order chi connectivity index (χ1) is 15.2. The fraction of sp³-hybridized carbons (Fsp3) is 0.231. The van der Waals surface area contributed by atoms with Crippen LogP contribution in [0.2, 0.25) is 0 Å². The number of amides is 1. The molecule has 0 saturated heterocycles. The normalized spacial score (nSPS) is 10.9. The molecule has 0 unspecified atom stereocenters. The Balaban J connectivity index is 1.36. The van der Waals surface area contributed by atoms with Gasteiger partial charge in [-0.3, -0.25) is 4.79 Å². The van der Waals surface area contributed by atoms with Gasteiger partial charge in [-0.2, -0.15) is 0 Å². The first-order valence-corrected chi connectivity index (χ1v) is 10.7. The predicted octanol–water partition coefficient (Wildman–Crippen LogP) is 4.79. The molecule has 0 atom stereocenters. The molecule has 5 nitrogen and oxygen atoms in total. The number of hydrogen-bond acceptors (Lipinski definition) is 3. The summed E-state index contributed by atoms with van der Waals surface area (Å²) in [4.78, 5) is 17.0. The van der Waals surface area contributed by atoms with E-state index in [0.29, 0.717) is 18.7 Å². The van der Waals surface area contributed by atoms with Crippen molar-refractivity contribution in [2.24, 2.45) is 0 Å². The number of carbonyl (C=O) groups is 1. The Kier molecular flexibility index (Phi) is 6.62. The van der Waals surface area contributed by atoms with Crippen molar-refractivity contribution in [2.45, 2.75) is 26.3 Å². The van der Waals surface area contributed by atoms with E-state index >= 15 is 0 Å². The molecule has 1 N–H and O–H groups in total. The lowest BCUT2D eigenvalue weighted by atomic mass is 10.2. The van der Waals surface area contributed by atoms with Crippen molar-refractivity contribution in [1.82, 2.24) is 14.9 Å². The SMILES string of the molecule is Cc1ccc(OCCn2c(CCCNC(=O)c3ccccc3)nc3ccccc32)cc1. The number of rotatable bonds is 9. The van der Waals surface area contributed by atoms with Crippen LogP contribution in [0.25, 0.3) is 11.0 Å². The van der Waals surface area contributed by atoms with Gasteiger partial charge in [-0.25, -0.2) is 4.98 Å². The topological polar surface area (TPSA) is 56.1 Å². The predicted molar refractivity (Wildman–Crippen MR) is 124 cm³/mol. The number of carbonyl (C=O) groups excluding carboxylic acids is 1. The molecular weight excluding hydrogens is 386 g/mol. The standard InChI is InChI=1S/C26H27N3O2/c1-20-13-15-22(16-14-20)31-19-18-29-24-11-6-5-10-23(24)28-25(29)12-7-17-27-26(30)21-8-3-2-4-9-21/h2-6,8-11,13-16H,7,12,17-19H2,1H3,(H,27,30). The molecule has 0 bridgehead atoms. The van der Waals surface area contributed by atoms with Gasteiger partial charge in [0.05, 0.1) is 17.6 Å². The van der Waals surface area contributed by atoms with E-state index < -0.39 is 0 Å². The molecule has 31 heavy (non-hydrogen) atoms. The quantitative estimate of drug-likeness (QED) is 0.402. The highest BCUT2D eigenvalue weighted by Crippen LogP contribution is 2.18. The molecule has 0 fully saturated rings. The summed E-state index contributed by atoms with van der Waals surface area (Å²) in [6, 6.07) is 25.6. The van der Waals surface area contributed by atoms with Crippen molar-refractivity contribution in [3.8, 4) is 5.75 Å². The maximum absolute atomic E-state index is 12.2. The highest BCUT2D eigenvalue weighted by Gasteiger charge is 2.11. The van der Waals surface area contributed by atoms with Crippen LogP contribution in [-0.2, 0) is 13.0 Å². The minimum Gasteiger partial charge on any atom is -0.492 e. The zero-order valence-electron chi connectivity index (χ0n) is 17.8. The first kappa shape index (κ1) is 20.7. The fourth-order valence-corrected chi connectivity index (χ4v) is 3.60. The molecule has 1 aromatic heterocycles. The van der Waals surface area contributed by atoms with Gasteiger partial charge in [0.1, 0.15) is 18.2 Å². The van der Waals surface area contributed by atoms with Crippen molar-refractivity contribution in [1.29, 1.82) is 0 Å². The second kappa shape index (κ2) is 9.94. The Bertz CT molecular complexity index is 1130. The lowest BCUT2D eigenvalue weighted by Crippen LogP contribution is -2.25. The summed E-state index contributed by atoms with van der Waals surface area (Å²) < 4.78 is 8.16. The third-order valence-corrected chi connectivity index (χ3v) is 5.24. The van der Waals surface area contributed by atoms with Crippen LogP contribution in [0.1, 0.15) is 28.2 Å². The number of fused-ring (bicyclic) bond motifs is 1. The number of benzene rings is 3. The number of aryl methyl sites for hydroxylation is 2. The zero-order chi connectivity index (χ0) is 21.5. The summed E-state index contributed by atoms with van der Waals surface area (Å²) in [6.07, 6.45) is 1.61. The molecule has 3 aromatic carbocycles. The second-order valence-corrected chi connectivity index (χ2v) is 7.56. The van der Waals surface area contributed by atoms with Crippen molar-refractivity contribution in [3.63, 3.8) is 0 Å². The molecule has 0 aliphatic rings. The molecule has 0 spiro atoms. The number of imidazole rings is 1. The molecule has 0 radical (unpaired) electrons. The fourth-order valence-electron chi connectivity index (χ4n) is 3.60. The highest BCUT2D eigenvalue weighted by atomic mass is 16.5. The highest BCUT2D eigenvalue weighted by molar-refractivity contribution is 5.94. The van der Waals surface area contributed by atoms with Gasteiger partial charge in [0.2, 0.25) is 0 Å². The monoisotopic (exact) mass is 413 g/mol. The largest absolute Gasteiger partial charge is 0.492 e. The molecule has 0 aliphatic carbocycles. The van der Waals surface area contributed by atoms with Crippen LogP contribution < -0.4 is 10.1 Å². The van der Waals surface area contributed by atoms with Crippen molar-refractivity contribution >= 4 is 16.9 Å². The van der Waals surface area contributed by atoms with Crippen LogP contribution in [-0.4, -0.2) is 28.6 Å². The van der Waals surface area contributed by atoms with E-state index in [0.717, 1.165) is 42.0 Å². The number of aromatic nitrogens is 2. The third-order valence-electron chi connectivity index (χ3n) is 5.24. The molecule has 0 saturated carbocycles. The van der Waals surface area contributed by atoms with E-state index in [9.17, 15) is 4.79 Å². The van der Waals surface area contributed by atoms with Crippen molar-refractivity contribution in [2.75, 3.05) is 13.2 Å². The molecular formula is C26H27N3O2. The van der Waals surface area contributed by atoms with E-state index in [1.165, 1.54) is 5.56 Å². The number of hydrogen-bond donors (Lipinski definition) is 1. The average Bonchev–Trinajstić information content (AvgIpc) is 3.16. The van der Waals surface area contributed by atoms with Gasteiger partial charge in [0.25, 0.3) is 5.91 Å². The second-order valence-electron chi connectivity index (χ2n) is 7.56. The Hall–Kier alpha value is -3.60. The summed E-state index contributed by atoms with van der Waals surface area (Å²) in [5, 5.41) is 2.99. The van der Waals surface area contributed by atoms with Gasteiger partial charge in [0, 0.05) is 18.5 Å².